The number of nitrogens with one attached hydrogen (secondary N) is 2. The Morgan fingerprint density at radius 1 is 1.04 bits per heavy atom. The summed E-state index contributed by atoms with van der Waals surface area (Å²) in [7, 11) is 0. The molecule has 6 aliphatic rings. The average Bonchev–Trinajstić information content (AvgIpc) is 3.28. The van der Waals surface area contributed by atoms with E-state index in [4.69, 9.17) is 0 Å². The van der Waals surface area contributed by atoms with E-state index in [1.165, 1.54) is 12.1 Å². The van der Waals surface area contributed by atoms with Crippen LogP contribution in [-0.2, 0) is 0 Å². The summed E-state index contributed by atoms with van der Waals surface area (Å²) >= 11 is 3.98. The number of hydrogen-bond donors (Lipinski definition) is 2. The number of carbonyl (C=O) groups is 1. The molecule has 5 heteroatoms. The lowest BCUT2D eigenvalue weighted by Crippen LogP contribution is -2.30. The van der Waals surface area contributed by atoms with E-state index in [1.54, 1.807) is 0 Å². The van der Waals surface area contributed by atoms with Crippen molar-refractivity contribution in [3.8, 4) is 0 Å². The van der Waals surface area contributed by atoms with Gasteiger partial charge in [0.2, 0.25) is 0 Å². The minimum atomic E-state index is -0.238. The molecule has 0 spiro atoms. The first kappa shape index (κ1) is 13.0. The third-order valence-electron chi connectivity index (χ3n) is 7.36. The molecule has 0 aliphatic heterocycles. The van der Waals surface area contributed by atoms with Crippen LogP contribution in [0.15, 0.2) is 35.4 Å². The van der Waals surface area contributed by atoms with Crippen LogP contribution in [0.4, 0.5) is 10.5 Å². The van der Waals surface area contributed by atoms with Gasteiger partial charge in [0.05, 0.1) is 0 Å². The summed E-state index contributed by atoms with van der Waals surface area (Å²) in [6.45, 7) is 0. The topological polar surface area (TPSA) is 53.5 Å². The van der Waals surface area contributed by atoms with Gasteiger partial charge in [-0.15, -0.1) is 0 Å². The van der Waals surface area contributed by atoms with Gasteiger partial charge in [0.15, 0.2) is 0 Å². The highest BCUT2D eigenvalue weighted by molar-refractivity contribution is 9.09. The summed E-state index contributed by atoms with van der Waals surface area (Å²) in [6, 6.07) is 9.28. The summed E-state index contributed by atoms with van der Waals surface area (Å²) in [6.07, 6.45) is 1.41. The molecule has 0 radical (unpaired) electrons. The molecular formula is C18H18BrN3O. The fraction of sp³-hybridized carbons (Fsp3) is 0.556. The lowest BCUT2D eigenvalue weighted by molar-refractivity contribution is 0.132. The Morgan fingerprint density at radius 3 is 2.61 bits per heavy atom. The van der Waals surface area contributed by atoms with Gasteiger partial charge in [-0.2, -0.15) is 5.10 Å². The molecule has 0 heterocycles. The number of urea groups is 1. The minimum Gasteiger partial charge on any atom is -0.307 e. The normalized spacial score (nSPS) is 51.3. The van der Waals surface area contributed by atoms with Crippen molar-refractivity contribution < 1.29 is 4.79 Å². The van der Waals surface area contributed by atoms with Gasteiger partial charge in [-0.05, 0) is 54.1 Å². The molecule has 4 nitrogen and oxygen atoms in total. The zero-order chi connectivity index (χ0) is 15.3. The first-order valence-electron chi connectivity index (χ1n) is 8.59. The molecule has 0 saturated heterocycles. The predicted octanol–water partition coefficient (Wildman–Crippen LogP) is 3.32. The molecule has 118 valence electrons. The van der Waals surface area contributed by atoms with Crippen molar-refractivity contribution in [1.29, 1.82) is 0 Å². The van der Waals surface area contributed by atoms with Crippen LogP contribution >= 0.6 is 15.9 Å². The van der Waals surface area contributed by atoms with Crippen molar-refractivity contribution in [3.05, 3.63) is 30.3 Å². The number of alkyl halides is 1. The molecule has 9 atom stereocenters. The number of anilines is 1. The van der Waals surface area contributed by atoms with E-state index in [-0.39, 0.29) is 6.03 Å². The maximum Gasteiger partial charge on any atom is 0.339 e. The maximum absolute atomic E-state index is 12.1. The van der Waals surface area contributed by atoms with Crippen molar-refractivity contribution in [3.63, 3.8) is 0 Å². The Balaban J connectivity index is 1.24. The highest BCUT2D eigenvalue weighted by atomic mass is 79.9. The Hall–Kier alpha value is -1.36. The lowest BCUT2D eigenvalue weighted by atomic mass is 9.71. The number of hydrogen-bond acceptors (Lipinski definition) is 2. The Bertz CT molecular complexity index is 733. The summed E-state index contributed by atoms with van der Waals surface area (Å²) < 4.78 is 0. The quantitative estimate of drug-likeness (QED) is 0.607. The van der Waals surface area contributed by atoms with E-state index < -0.39 is 0 Å². The van der Waals surface area contributed by atoms with E-state index in [0.717, 1.165) is 41.2 Å². The average molecular weight is 372 g/mol. The van der Waals surface area contributed by atoms with Gasteiger partial charge in [-0.1, -0.05) is 34.1 Å². The molecule has 2 N–H and O–H groups in total. The van der Waals surface area contributed by atoms with Gasteiger partial charge < -0.3 is 5.32 Å². The standard InChI is InChI=1S/C18H18BrN3O/c19-16-12-8-6-9-10(12)15-14(16)11(8)13(9)17(15)21-22-18(23)20-7-4-2-1-3-5-7/h1-5,8-16H,6H2,(H2,20,22,23)/b21-17-/t8-,9-,10+,11+,12-,13+,14-,15+,16+/m1/s1. The summed E-state index contributed by atoms with van der Waals surface area (Å²) in [5.41, 5.74) is 4.86. The molecule has 6 aliphatic carbocycles. The summed E-state index contributed by atoms with van der Waals surface area (Å²) in [5, 5.41) is 7.45. The van der Waals surface area contributed by atoms with Gasteiger partial charge in [-0.25, -0.2) is 10.2 Å². The van der Waals surface area contributed by atoms with Crippen LogP contribution in [-0.4, -0.2) is 16.6 Å². The van der Waals surface area contributed by atoms with Gasteiger partial charge in [0.25, 0.3) is 0 Å². The van der Waals surface area contributed by atoms with Crippen LogP contribution < -0.4 is 10.7 Å². The van der Waals surface area contributed by atoms with Gasteiger partial charge >= 0.3 is 6.03 Å². The van der Waals surface area contributed by atoms with Gasteiger partial charge in [0, 0.05) is 28.1 Å². The van der Waals surface area contributed by atoms with Crippen molar-refractivity contribution in [2.24, 2.45) is 52.4 Å². The predicted molar refractivity (Wildman–Crippen MR) is 91.3 cm³/mol. The molecule has 1 aromatic rings. The van der Waals surface area contributed by atoms with Crippen LogP contribution in [0.3, 0.4) is 0 Å². The van der Waals surface area contributed by atoms with Crippen molar-refractivity contribution in [2.75, 3.05) is 5.32 Å². The number of benzene rings is 1. The Labute approximate surface area is 143 Å². The van der Waals surface area contributed by atoms with Crippen LogP contribution in [0, 0.1) is 47.3 Å². The second-order valence-electron chi connectivity index (χ2n) is 7.84. The van der Waals surface area contributed by atoms with Crippen LogP contribution in [0.2, 0.25) is 0 Å². The number of carbonyl (C=O) groups excluding carboxylic acids is 1. The molecule has 6 fully saturated rings. The number of rotatable bonds is 2. The van der Waals surface area contributed by atoms with E-state index >= 15 is 0 Å². The number of hydrazone groups is 1. The second kappa shape index (κ2) is 4.18. The van der Waals surface area contributed by atoms with Crippen LogP contribution in [0.25, 0.3) is 0 Å². The highest BCUT2D eigenvalue weighted by Crippen LogP contribution is 2.82. The molecule has 6 bridgehead atoms. The smallest absolute Gasteiger partial charge is 0.307 e. The highest BCUT2D eigenvalue weighted by Gasteiger charge is 2.82. The Kier molecular flexibility index (Phi) is 2.36. The van der Waals surface area contributed by atoms with Crippen LogP contribution in [0.5, 0.6) is 0 Å². The zero-order valence-electron chi connectivity index (χ0n) is 12.5. The summed E-state index contributed by atoms with van der Waals surface area (Å²) in [4.78, 5) is 12.8. The Morgan fingerprint density at radius 2 is 1.83 bits per heavy atom. The minimum absolute atomic E-state index is 0.238. The molecule has 0 aromatic heterocycles. The van der Waals surface area contributed by atoms with Crippen molar-refractivity contribution in [2.45, 2.75) is 11.2 Å². The second-order valence-corrected chi connectivity index (χ2v) is 8.89. The van der Waals surface area contributed by atoms with Crippen molar-refractivity contribution >= 4 is 33.4 Å². The largest absolute Gasteiger partial charge is 0.339 e. The lowest BCUT2D eigenvalue weighted by Gasteiger charge is -2.32. The summed E-state index contributed by atoms with van der Waals surface area (Å²) in [5.74, 6) is 6.47. The zero-order valence-corrected chi connectivity index (χ0v) is 14.1. The van der Waals surface area contributed by atoms with E-state index in [1.807, 2.05) is 30.3 Å². The van der Waals surface area contributed by atoms with Crippen molar-refractivity contribution in [1.82, 2.24) is 5.43 Å². The number of amides is 2. The van der Waals surface area contributed by atoms with E-state index in [2.05, 4.69) is 31.8 Å². The first-order valence-corrected chi connectivity index (χ1v) is 9.51. The van der Waals surface area contributed by atoms with E-state index in [9.17, 15) is 4.79 Å². The number of para-hydroxylation sites is 1. The molecule has 7 rings (SSSR count). The molecular weight excluding hydrogens is 354 g/mol. The maximum atomic E-state index is 12.1. The first-order chi connectivity index (χ1) is 11.3. The fourth-order valence-corrected chi connectivity index (χ4v) is 8.60. The SMILES string of the molecule is O=C(N/N=C1\[C@H]2[C@H]3[C@H]4C[C@H]5[C@H]3[C@H](Br)[C@@H]2[C@@H]5[C@@H]14)Nc1ccccc1. The third kappa shape index (κ3) is 1.40. The van der Waals surface area contributed by atoms with Gasteiger partial charge in [0.1, 0.15) is 0 Å². The third-order valence-corrected chi connectivity index (χ3v) is 8.58. The molecule has 6 saturated carbocycles. The fourth-order valence-electron chi connectivity index (χ4n) is 7.17. The molecule has 0 unspecified atom stereocenters. The van der Waals surface area contributed by atoms with Gasteiger partial charge in [-0.3, -0.25) is 0 Å². The van der Waals surface area contributed by atoms with Crippen LogP contribution in [0.1, 0.15) is 6.42 Å². The number of nitrogens with zero attached hydrogens (tertiary/aromatic N) is 1. The monoisotopic (exact) mass is 371 g/mol. The number of halogens is 1. The molecule has 2 amide bonds. The molecule has 23 heavy (non-hydrogen) atoms. The molecule has 1 aromatic carbocycles. The van der Waals surface area contributed by atoms with E-state index in [0.29, 0.717) is 16.7 Å².